The molecule has 0 radical (unpaired) electrons. The molecule has 0 aliphatic rings. The Balaban J connectivity index is 2.84. The van der Waals surface area contributed by atoms with E-state index in [0.717, 1.165) is 11.3 Å². The van der Waals surface area contributed by atoms with E-state index in [4.69, 9.17) is 22.7 Å². The Morgan fingerprint density at radius 1 is 1.54 bits per heavy atom. The van der Waals surface area contributed by atoms with E-state index in [9.17, 15) is 0 Å². The van der Waals surface area contributed by atoms with E-state index in [1.54, 1.807) is 7.11 Å². The molecule has 0 aliphatic carbocycles. The van der Waals surface area contributed by atoms with Gasteiger partial charge in [-0.2, -0.15) is 0 Å². The van der Waals surface area contributed by atoms with Crippen molar-refractivity contribution in [3.63, 3.8) is 0 Å². The molecule has 0 aromatic heterocycles. The highest BCUT2D eigenvalue weighted by molar-refractivity contribution is 7.80. The van der Waals surface area contributed by atoms with Crippen LogP contribution in [-0.2, 0) is 11.3 Å². The van der Waals surface area contributed by atoms with Crippen LogP contribution in [0.15, 0.2) is 24.3 Å². The highest BCUT2D eigenvalue weighted by atomic mass is 32.1. The number of benzene rings is 1. The van der Waals surface area contributed by atoms with Gasteiger partial charge in [0.2, 0.25) is 0 Å². The van der Waals surface area contributed by atoms with Crippen LogP contribution < -0.4 is 11.1 Å². The number of ether oxygens (including phenoxy) is 1. The Labute approximate surface area is 82.9 Å². The van der Waals surface area contributed by atoms with Crippen LogP contribution >= 0.6 is 12.2 Å². The van der Waals surface area contributed by atoms with Crippen molar-refractivity contribution in [2.75, 3.05) is 12.4 Å². The molecule has 0 fully saturated rings. The molecule has 1 aromatic rings. The van der Waals surface area contributed by atoms with Gasteiger partial charge in [0.25, 0.3) is 0 Å². The summed E-state index contributed by atoms with van der Waals surface area (Å²) in [5.74, 6) is 0. The Morgan fingerprint density at radius 3 is 2.85 bits per heavy atom. The highest BCUT2D eigenvalue weighted by Crippen LogP contribution is 2.15. The van der Waals surface area contributed by atoms with Crippen molar-refractivity contribution in [2.24, 2.45) is 5.73 Å². The van der Waals surface area contributed by atoms with Crippen LogP contribution in [0.25, 0.3) is 0 Å². The maximum absolute atomic E-state index is 5.37. The zero-order chi connectivity index (χ0) is 9.68. The van der Waals surface area contributed by atoms with Gasteiger partial charge in [0.1, 0.15) is 0 Å². The van der Waals surface area contributed by atoms with Crippen molar-refractivity contribution in [3.8, 4) is 0 Å². The van der Waals surface area contributed by atoms with Gasteiger partial charge in [0.15, 0.2) is 5.11 Å². The summed E-state index contributed by atoms with van der Waals surface area (Å²) in [6, 6.07) is 7.73. The Bertz CT molecular complexity index is 301. The van der Waals surface area contributed by atoms with E-state index in [-0.39, 0.29) is 5.11 Å². The van der Waals surface area contributed by atoms with Crippen molar-refractivity contribution in [3.05, 3.63) is 29.8 Å². The molecule has 0 heterocycles. The summed E-state index contributed by atoms with van der Waals surface area (Å²) in [6.07, 6.45) is 0. The molecule has 1 rings (SSSR count). The lowest BCUT2D eigenvalue weighted by Gasteiger charge is -2.09. The summed E-state index contributed by atoms with van der Waals surface area (Å²) in [5.41, 5.74) is 7.31. The van der Waals surface area contributed by atoms with Gasteiger partial charge in [-0.05, 0) is 18.3 Å². The molecule has 70 valence electrons. The molecule has 3 N–H and O–H groups in total. The van der Waals surface area contributed by atoms with E-state index in [1.807, 2.05) is 24.3 Å². The summed E-state index contributed by atoms with van der Waals surface area (Å²) in [7, 11) is 1.65. The second-order valence-corrected chi connectivity index (χ2v) is 3.02. The second-order valence-electron chi connectivity index (χ2n) is 2.58. The van der Waals surface area contributed by atoms with Crippen molar-refractivity contribution in [1.82, 2.24) is 0 Å². The molecule has 0 spiro atoms. The van der Waals surface area contributed by atoms with Crippen molar-refractivity contribution in [2.45, 2.75) is 6.61 Å². The number of anilines is 1. The maximum Gasteiger partial charge on any atom is 0.168 e. The minimum Gasteiger partial charge on any atom is -0.380 e. The summed E-state index contributed by atoms with van der Waals surface area (Å²) < 4.78 is 5.03. The summed E-state index contributed by atoms with van der Waals surface area (Å²) in [5, 5.41) is 3.15. The largest absolute Gasteiger partial charge is 0.380 e. The third-order valence-corrected chi connectivity index (χ3v) is 1.68. The molecule has 0 saturated carbocycles. The fourth-order valence-corrected chi connectivity index (χ4v) is 1.17. The normalized spacial score (nSPS) is 9.62. The van der Waals surface area contributed by atoms with Gasteiger partial charge in [-0.1, -0.05) is 18.2 Å². The SMILES string of the molecule is COCc1ccccc1NC(N)=S. The fourth-order valence-electron chi connectivity index (χ4n) is 1.06. The molecule has 0 unspecified atom stereocenters. The Morgan fingerprint density at radius 2 is 2.23 bits per heavy atom. The highest BCUT2D eigenvalue weighted by Gasteiger charge is 2.00. The Hall–Kier alpha value is -1.13. The van der Waals surface area contributed by atoms with Gasteiger partial charge >= 0.3 is 0 Å². The first-order chi connectivity index (χ1) is 6.24. The predicted octanol–water partition coefficient (Wildman–Crippen LogP) is 1.49. The standard InChI is InChI=1S/C9H12N2OS/c1-12-6-7-4-2-3-5-8(7)11-9(10)13/h2-5H,6H2,1H3,(H3,10,11,13). The van der Waals surface area contributed by atoms with Gasteiger partial charge in [0.05, 0.1) is 6.61 Å². The number of hydrogen-bond donors (Lipinski definition) is 2. The average molecular weight is 196 g/mol. The van der Waals surface area contributed by atoms with E-state index in [1.165, 1.54) is 0 Å². The molecule has 4 heteroatoms. The fraction of sp³-hybridized carbons (Fsp3) is 0.222. The van der Waals surface area contributed by atoms with Crippen molar-refractivity contribution in [1.29, 1.82) is 0 Å². The summed E-state index contributed by atoms with van der Waals surface area (Å²) in [6.45, 7) is 0.547. The smallest absolute Gasteiger partial charge is 0.168 e. The zero-order valence-electron chi connectivity index (χ0n) is 7.41. The van der Waals surface area contributed by atoms with Gasteiger partial charge in [-0.25, -0.2) is 0 Å². The third-order valence-electron chi connectivity index (χ3n) is 1.58. The van der Waals surface area contributed by atoms with E-state index < -0.39 is 0 Å². The van der Waals surface area contributed by atoms with Crippen LogP contribution in [0.5, 0.6) is 0 Å². The van der Waals surface area contributed by atoms with Gasteiger partial charge in [-0.15, -0.1) is 0 Å². The molecule has 0 aliphatic heterocycles. The van der Waals surface area contributed by atoms with Gasteiger partial charge in [0, 0.05) is 18.4 Å². The number of hydrogen-bond acceptors (Lipinski definition) is 2. The minimum absolute atomic E-state index is 0.267. The van der Waals surface area contributed by atoms with Gasteiger partial charge in [-0.3, -0.25) is 0 Å². The number of thiocarbonyl (C=S) groups is 1. The molecular formula is C9H12N2OS. The summed E-state index contributed by atoms with van der Waals surface area (Å²) >= 11 is 4.75. The predicted molar refractivity (Wildman–Crippen MR) is 57.6 cm³/mol. The first-order valence-electron chi connectivity index (χ1n) is 3.87. The second kappa shape index (κ2) is 4.79. The van der Waals surface area contributed by atoms with E-state index in [0.29, 0.717) is 6.61 Å². The number of methoxy groups -OCH3 is 1. The topological polar surface area (TPSA) is 47.3 Å². The molecule has 3 nitrogen and oxygen atoms in total. The lowest BCUT2D eigenvalue weighted by Crippen LogP contribution is -2.19. The molecule has 0 amide bonds. The zero-order valence-corrected chi connectivity index (χ0v) is 8.23. The Kier molecular flexibility index (Phi) is 3.67. The number of nitrogens with two attached hydrogens (primary N) is 1. The quantitative estimate of drug-likeness (QED) is 0.719. The average Bonchev–Trinajstić information content (AvgIpc) is 2.08. The third kappa shape index (κ3) is 3.01. The number of nitrogens with one attached hydrogen (secondary N) is 1. The first-order valence-corrected chi connectivity index (χ1v) is 4.28. The van der Waals surface area contributed by atoms with Crippen LogP contribution in [0, 0.1) is 0 Å². The number of para-hydroxylation sites is 1. The van der Waals surface area contributed by atoms with E-state index in [2.05, 4.69) is 5.32 Å². The summed E-state index contributed by atoms with van der Waals surface area (Å²) in [4.78, 5) is 0. The van der Waals surface area contributed by atoms with E-state index >= 15 is 0 Å². The van der Waals surface area contributed by atoms with Gasteiger partial charge < -0.3 is 15.8 Å². The van der Waals surface area contributed by atoms with Crippen molar-refractivity contribution < 1.29 is 4.74 Å². The van der Waals surface area contributed by atoms with Crippen LogP contribution in [0.2, 0.25) is 0 Å². The van der Waals surface area contributed by atoms with Crippen LogP contribution in [0.3, 0.4) is 0 Å². The lowest BCUT2D eigenvalue weighted by molar-refractivity contribution is 0.185. The van der Waals surface area contributed by atoms with Crippen molar-refractivity contribution >= 4 is 23.0 Å². The minimum atomic E-state index is 0.267. The first kappa shape index (κ1) is 9.95. The molecule has 0 saturated heterocycles. The van der Waals surface area contributed by atoms with Crippen LogP contribution in [-0.4, -0.2) is 12.2 Å². The molecule has 0 atom stereocenters. The molecule has 1 aromatic carbocycles. The molecule has 0 bridgehead atoms. The molecular weight excluding hydrogens is 184 g/mol. The maximum atomic E-state index is 5.37. The lowest BCUT2D eigenvalue weighted by atomic mass is 10.2. The van der Waals surface area contributed by atoms with Crippen LogP contribution in [0.1, 0.15) is 5.56 Å². The van der Waals surface area contributed by atoms with Crippen LogP contribution in [0.4, 0.5) is 5.69 Å². The molecule has 13 heavy (non-hydrogen) atoms. The monoisotopic (exact) mass is 196 g/mol. The number of rotatable bonds is 3.